The Morgan fingerprint density at radius 1 is 0.704 bits per heavy atom. The molecule has 4 rings (SSSR count). The van der Waals surface area contributed by atoms with Crippen molar-refractivity contribution in [3.8, 4) is 0 Å². The van der Waals surface area contributed by atoms with Gasteiger partial charge in [0.2, 0.25) is 0 Å². The summed E-state index contributed by atoms with van der Waals surface area (Å²) in [5, 5.41) is 9.04. The molecule has 0 fully saturated rings. The summed E-state index contributed by atoms with van der Waals surface area (Å²) in [6, 6.07) is 33.1. The van der Waals surface area contributed by atoms with E-state index < -0.39 is 7.26 Å². The summed E-state index contributed by atoms with van der Waals surface area (Å²) < 4.78 is 0. The number of rotatable bonds is 4. The third-order valence-electron chi connectivity index (χ3n) is 5.77. The van der Waals surface area contributed by atoms with E-state index in [0.717, 1.165) is 0 Å². The Bertz CT molecular complexity index is 837. The molecular formula is C24H26N2P+. The summed E-state index contributed by atoms with van der Waals surface area (Å²) in [4.78, 5) is 0. The summed E-state index contributed by atoms with van der Waals surface area (Å²) in [6.45, 7) is 6.87. The Morgan fingerprint density at radius 3 is 1.37 bits per heavy atom. The average molecular weight is 373 g/mol. The van der Waals surface area contributed by atoms with Gasteiger partial charge in [-0.05, 0) is 57.2 Å². The average Bonchev–Trinajstić information content (AvgIpc) is 2.99. The molecule has 0 spiro atoms. The highest BCUT2D eigenvalue weighted by Gasteiger charge is 2.59. The molecule has 1 atom stereocenters. The van der Waals surface area contributed by atoms with Gasteiger partial charge in [0, 0.05) is 0 Å². The summed E-state index contributed by atoms with van der Waals surface area (Å²) in [5.74, 6) is 0. The van der Waals surface area contributed by atoms with Crippen LogP contribution in [0.2, 0.25) is 0 Å². The summed E-state index contributed by atoms with van der Waals surface area (Å²) >= 11 is 0. The lowest BCUT2D eigenvalue weighted by atomic mass is 9.88. The van der Waals surface area contributed by atoms with Crippen LogP contribution in [0.5, 0.6) is 0 Å². The molecule has 0 radical (unpaired) electrons. The van der Waals surface area contributed by atoms with Crippen LogP contribution >= 0.6 is 7.26 Å². The van der Waals surface area contributed by atoms with E-state index in [9.17, 15) is 0 Å². The molecule has 1 heterocycles. The zero-order valence-corrected chi connectivity index (χ0v) is 17.0. The third-order valence-corrected chi connectivity index (χ3v) is 10.3. The minimum Gasteiger partial charge on any atom is -0.303 e. The van der Waals surface area contributed by atoms with E-state index in [1.807, 2.05) is 0 Å². The zero-order chi connectivity index (χ0) is 18.9. The Balaban J connectivity index is 2.11. The molecule has 2 nitrogen and oxygen atoms in total. The van der Waals surface area contributed by atoms with Gasteiger partial charge in [0.1, 0.15) is 15.9 Å². The quantitative estimate of drug-likeness (QED) is 0.677. The minimum absolute atomic E-state index is 0.0463. The van der Waals surface area contributed by atoms with E-state index >= 15 is 0 Å². The van der Waals surface area contributed by atoms with E-state index in [4.69, 9.17) is 5.10 Å². The first-order valence-corrected chi connectivity index (χ1v) is 11.3. The Labute approximate surface area is 162 Å². The lowest BCUT2D eigenvalue weighted by Gasteiger charge is -2.33. The van der Waals surface area contributed by atoms with Crippen molar-refractivity contribution in [1.29, 1.82) is 0 Å². The van der Waals surface area contributed by atoms with E-state index in [0.29, 0.717) is 6.04 Å². The fourth-order valence-corrected chi connectivity index (χ4v) is 8.69. The van der Waals surface area contributed by atoms with Crippen LogP contribution < -0.4 is 21.3 Å². The Hall–Kier alpha value is -2.44. The first-order chi connectivity index (χ1) is 13.1. The summed E-state index contributed by atoms with van der Waals surface area (Å²) in [7, 11) is -2.07. The van der Waals surface area contributed by atoms with E-state index in [2.05, 4.69) is 117 Å². The number of hydrogen-bond donors (Lipinski definition) is 1. The standard InChI is InChI=1S/C24H26N2P/c1-19-24(2,3)23(26-25-19)27(20-13-7-4-8-14-20,21-15-9-5-10-16-21)22-17-11-6-12-18-22/h4-19,25H,1-3H3/q+1. The molecule has 1 aliphatic rings. The third kappa shape index (κ3) is 2.80. The zero-order valence-electron chi connectivity index (χ0n) is 16.1. The van der Waals surface area contributed by atoms with Gasteiger partial charge < -0.3 is 5.43 Å². The highest BCUT2D eigenvalue weighted by Crippen LogP contribution is 2.62. The SMILES string of the molecule is CC1NN=C([P+](c2ccccc2)(c2ccccc2)c2ccccc2)C1(C)C. The van der Waals surface area contributed by atoms with Crippen molar-refractivity contribution < 1.29 is 0 Å². The maximum atomic E-state index is 4.99. The van der Waals surface area contributed by atoms with Crippen molar-refractivity contribution in [3.63, 3.8) is 0 Å². The van der Waals surface area contributed by atoms with Gasteiger partial charge >= 0.3 is 0 Å². The van der Waals surface area contributed by atoms with Gasteiger partial charge in [-0.25, -0.2) is 0 Å². The minimum atomic E-state index is -2.07. The van der Waals surface area contributed by atoms with Crippen molar-refractivity contribution in [2.45, 2.75) is 26.8 Å². The van der Waals surface area contributed by atoms with Gasteiger partial charge in [-0.1, -0.05) is 54.6 Å². The van der Waals surface area contributed by atoms with E-state index in [-0.39, 0.29) is 5.41 Å². The van der Waals surface area contributed by atoms with Gasteiger partial charge in [-0.15, -0.1) is 5.10 Å². The Morgan fingerprint density at radius 2 is 1.07 bits per heavy atom. The van der Waals surface area contributed by atoms with Crippen LogP contribution in [-0.2, 0) is 0 Å². The van der Waals surface area contributed by atoms with Gasteiger partial charge in [0.05, 0.1) is 11.5 Å². The fraction of sp³-hybridized carbons (Fsp3) is 0.208. The van der Waals surface area contributed by atoms with Gasteiger partial charge in [-0.3, -0.25) is 0 Å². The molecule has 27 heavy (non-hydrogen) atoms. The van der Waals surface area contributed by atoms with Crippen molar-refractivity contribution in [2.24, 2.45) is 10.5 Å². The summed E-state index contributed by atoms with van der Waals surface area (Å²) in [6.07, 6.45) is 0. The second-order valence-corrected chi connectivity index (χ2v) is 11.0. The maximum absolute atomic E-state index is 4.99. The van der Waals surface area contributed by atoms with Crippen molar-refractivity contribution in [1.82, 2.24) is 5.43 Å². The number of hydrazone groups is 1. The number of hydrogen-bond acceptors (Lipinski definition) is 2. The van der Waals surface area contributed by atoms with Crippen molar-refractivity contribution >= 4 is 28.6 Å². The smallest absolute Gasteiger partial charge is 0.199 e. The highest BCUT2D eigenvalue weighted by molar-refractivity contribution is 8.08. The topological polar surface area (TPSA) is 24.4 Å². The van der Waals surface area contributed by atoms with Crippen LogP contribution in [0.4, 0.5) is 0 Å². The predicted octanol–water partition coefficient (Wildman–Crippen LogP) is 4.31. The molecule has 136 valence electrons. The first kappa shape index (κ1) is 17.9. The molecule has 0 aliphatic carbocycles. The molecule has 0 aromatic heterocycles. The van der Waals surface area contributed by atoms with E-state index in [1.165, 1.54) is 21.4 Å². The molecule has 0 saturated carbocycles. The molecule has 1 aliphatic heterocycles. The lowest BCUT2D eigenvalue weighted by molar-refractivity contribution is 0.405. The van der Waals surface area contributed by atoms with Crippen LogP contribution in [0.3, 0.4) is 0 Å². The van der Waals surface area contributed by atoms with Crippen LogP contribution in [0.1, 0.15) is 20.8 Å². The van der Waals surface area contributed by atoms with Gasteiger partial charge in [0.25, 0.3) is 0 Å². The molecule has 3 aromatic carbocycles. The highest BCUT2D eigenvalue weighted by atomic mass is 31.2. The monoisotopic (exact) mass is 373 g/mol. The van der Waals surface area contributed by atoms with E-state index in [1.54, 1.807) is 0 Å². The molecule has 1 N–H and O–H groups in total. The molecule has 3 heteroatoms. The molecule has 1 unspecified atom stereocenters. The van der Waals surface area contributed by atoms with Crippen LogP contribution in [-0.4, -0.2) is 11.5 Å². The maximum Gasteiger partial charge on any atom is 0.199 e. The van der Waals surface area contributed by atoms with Gasteiger partial charge in [-0.2, -0.15) is 0 Å². The first-order valence-electron chi connectivity index (χ1n) is 9.48. The lowest BCUT2D eigenvalue weighted by Crippen LogP contribution is -2.44. The largest absolute Gasteiger partial charge is 0.303 e. The number of nitrogens with zero attached hydrogens (tertiary/aromatic N) is 1. The summed E-state index contributed by atoms with van der Waals surface area (Å²) in [5.41, 5.74) is 4.61. The van der Waals surface area contributed by atoms with Crippen molar-refractivity contribution in [2.75, 3.05) is 0 Å². The fourth-order valence-electron chi connectivity index (χ4n) is 3.93. The number of nitrogens with one attached hydrogen (secondary N) is 1. The van der Waals surface area contributed by atoms with Crippen LogP contribution in [0.15, 0.2) is 96.1 Å². The second-order valence-electron chi connectivity index (χ2n) is 7.69. The normalized spacial score (nSPS) is 18.6. The predicted molar refractivity (Wildman–Crippen MR) is 119 cm³/mol. The van der Waals surface area contributed by atoms with Gasteiger partial charge in [0.15, 0.2) is 12.7 Å². The molecule has 0 amide bonds. The Kier molecular flexibility index (Phi) is 4.61. The van der Waals surface area contributed by atoms with Crippen molar-refractivity contribution in [3.05, 3.63) is 91.0 Å². The molecule has 0 bridgehead atoms. The van der Waals surface area contributed by atoms with Crippen LogP contribution in [0.25, 0.3) is 0 Å². The molecule has 3 aromatic rings. The van der Waals surface area contributed by atoms with Crippen LogP contribution in [0, 0.1) is 5.41 Å². The molecular weight excluding hydrogens is 347 g/mol. The molecule has 0 saturated heterocycles. The second kappa shape index (κ2) is 6.94. The number of benzene rings is 3.